The molecule has 0 saturated carbocycles. The molecule has 0 N–H and O–H groups in total. The van der Waals surface area contributed by atoms with Crippen LogP contribution in [0.15, 0.2) is 48.5 Å². The van der Waals surface area contributed by atoms with Gasteiger partial charge in [-0.3, -0.25) is 4.79 Å². The molecule has 0 atom stereocenters. The summed E-state index contributed by atoms with van der Waals surface area (Å²) in [6.45, 7) is 0. The molecule has 2 aromatic carbocycles. The molecular weight excluding hydrogens is 282 g/mol. The van der Waals surface area contributed by atoms with E-state index in [1.807, 2.05) is 48.5 Å². The van der Waals surface area contributed by atoms with E-state index in [2.05, 4.69) is 4.98 Å². The summed E-state index contributed by atoms with van der Waals surface area (Å²) in [7, 11) is 1.63. The zero-order chi connectivity index (χ0) is 14.7. The Balaban J connectivity index is 1.67. The second-order valence-corrected chi connectivity index (χ2v) is 5.93. The average Bonchev–Trinajstić information content (AvgIpc) is 2.90. The molecule has 3 nitrogen and oxygen atoms in total. The summed E-state index contributed by atoms with van der Waals surface area (Å²) in [6.07, 6.45) is 0.825. The maximum Gasteiger partial charge on any atom is 0.144 e. The molecule has 0 amide bonds. The predicted molar refractivity (Wildman–Crippen MR) is 85.0 cm³/mol. The Kier molecular flexibility index (Phi) is 3.97. The normalized spacial score (nSPS) is 10.7. The van der Waals surface area contributed by atoms with Crippen molar-refractivity contribution in [1.82, 2.24) is 4.98 Å². The molecule has 106 valence electrons. The zero-order valence-electron chi connectivity index (χ0n) is 11.7. The highest BCUT2D eigenvalue weighted by Gasteiger charge is 2.09. The summed E-state index contributed by atoms with van der Waals surface area (Å²) in [4.78, 5) is 16.6. The molecule has 0 radical (unpaired) electrons. The van der Waals surface area contributed by atoms with E-state index in [-0.39, 0.29) is 5.78 Å². The van der Waals surface area contributed by atoms with Crippen molar-refractivity contribution in [2.45, 2.75) is 12.8 Å². The highest BCUT2D eigenvalue weighted by Crippen LogP contribution is 2.22. The van der Waals surface area contributed by atoms with Crippen molar-refractivity contribution >= 4 is 27.3 Å². The number of fused-ring (bicyclic) bond motifs is 1. The van der Waals surface area contributed by atoms with Crippen LogP contribution in [0.25, 0.3) is 10.2 Å². The molecule has 1 aromatic heterocycles. The van der Waals surface area contributed by atoms with Crippen LogP contribution in [0.4, 0.5) is 0 Å². The number of methoxy groups -OCH3 is 1. The first-order valence-corrected chi connectivity index (χ1v) is 7.55. The third-order valence-corrected chi connectivity index (χ3v) is 4.28. The number of hydrogen-bond donors (Lipinski definition) is 0. The Labute approximate surface area is 127 Å². The molecule has 0 saturated heterocycles. The molecule has 21 heavy (non-hydrogen) atoms. The van der Waals surface area contributed by atoms with Gasteiger partial charge in [0.1, 0.15) is 16.5 Å². The molecule has 0 bridgehead atoms. The monoisotopic (exact) mass is 297 g/mol. The summed E-state index contributed by atoms with van der Waals surface area (Å²) in [6, 6.07) is 15.6. The molecule has 0 aliphatic heterocycles. The van der Waals surface area contributed by atoms with Crippen LogP contribution in [0.3, 0.4) is 0 Å². The van der Waals surface area contributed by atoms with Gasteiger partial charge in [-0.1, -0.05) is 24.3 Å². The van der Waals surface area contributed by atoms with E-state index in [0.29, 0.717) is 12.8 Å². The number of ether oxygens (including phenoxy) is 1. The highest BCUT2D eigenvalue weighted by molar-refractivity contribution is 7.18. The molecule has 0 fully saturated rings. The Morgan fingerprint density at radius 3 is 2.57 bits per heavy atom. The Morgan fingerprint density at radius 2 is 1.86 bits per heavy atom. The number of thiazole rings is 1. The van der Waals surface area contributed by atoms with Crippen molar-refractivity contribution in [3.63, 3.8) is 0 Å². The van der Waals surface area contributed by atoms with Gasteiger partial charge in [0.15, 0.2) is 0 Å². The van der Waals surface area contributed by atoms with E-state index in [0.717, 1.165) is 26.5 Å². The van der Waals surface area contributed by atoms with Gasteiger partial charge in [-0.15, -0.1) is 11.3 Å². The van der Waals surface area contributed by atoms with Gasteiger partial charge in [0, 0.05) is 6.42 Å². The molecule has 0 unspecified atom stereocenters. The van der Waals surface area contributed by atoms with Crippen molar-refractivity contribution in [3.05, 3.63) is 59.1 Å². The van der Waals surface area contributed by atoms with Gasteiger partial charge in [-0.2, -0.15) is 0 Å². The molecule has 0 aliphatic rings. The Hall–Kier alpha value is -2.20. The van der Waals surface area contributed by atoms with Crippen LogP contribution >= 0.6 is 11.3 Å². The minimum absolute atomic E-state index is 0.180. The lowest BCUT2D eigenvalue weighted by molar-refractivity contribution is -0.117. The predicted octanol–water partition coefficient (Wildman–Crippen LogP) is 3.66. The number of ketones is 1. The number of para-hydroxylation sites is 1. The fourth-order valence-electron chi connectivity index (χ4n) is 2.20. The quantitative estimate of drug-likeness (QED) is 0.721. The first kappa shape index (κ1) is 13.8. The number of carbonyl (C=O) groups is 1. The van der Waals surface area contributed by atoms with E-state index >= 15 is 0 Å². The molecule has 3 aromatic rings. The molecule has 0 aliphatic carbocycles. The number of rotatable bonds is 5. The van der Waals surface area contributed by atoms with Crippen LogP contribution in [0.2, 0.25) is 0 Å². The summed E-state index contributed by atoms with van der Waals surface area (Å²) < 4.78 is 6.24. The molecule has 4 heteroatoms. The maximum absolute atomic E-state index is 12.1. The van der Waals surface area contributed by atoms with E-state index in [4.69, 9.17) is 4.74 Å². The van der Waals surface area contributed by atoms with Crippen LogP contribution in [0.5, 0.6) is 5.75 Å². The lowest BCUT2D eigenvalue weighted by Crippen LogP contribution is -2.06. The number of hydrogen-bond acceptors (Lipinski definition) is 4. The minimum Gasteiger partial charge on any atom is -0.497 e. The van der Waals surface area contributed by atoms with Crippen molar-refractivity contribution in [2.75, 3.05) is 7.11 Å². The van der Waals surface area contributed by atoms with Gasteiger partial charge in [0.2, 0.25) is 0 Å². The lowest BCUT2D eigenvalue weighted by Gasteiger charge is -2.02. The van der Waals surface area contributed by atoms with Crippen molar-refractivity contribution in [3.8, 4) is 5.75 Å². The van der Waals surface area contributed by atoms with Crippen LogP contribution in [-0.2, 0) is 17.6 Å². The Morgan fingerprint density at radius 1 is 1.10 bits per heavy atom. The maximum atomic E-state index is 12.1. The largest absolute Gasteiger partial charge is 0.497 e. The zero-order valence-corrected chi connectivity index (χ0v) is 12.5. The van der Waals surface area contributed by atoms with Gasteiger partial charge in [0.05, 0.1) is 23.7 Å². The van der Waals surface area contributed by atoms with Crippen molar-refractivity contribution in [1.29, 1.82) is 0 Å². The summed E-state index contributed by atoms with van der Waals surface area (Å²) in [5.74, 6) is 0.983. The summed E-state index contributed by atoms with van der Waals surface area (Å²) >= 11 is 1.59. The van der Waals surface area contributed by atoms with Crippen LogP contribution in [0.1, 0.15) is 10.6 Å². The Bertz CT molecular complexity index is 729. The fourth-order valence-corrected chi connectivity index (χ4v) is 3.19. The minimum atomic E-state index is 0.180. The van der Waals surface area contributed by atoms with Crippen LogP contribution < -0.4 is 4.74 Å². The smallest absolute Gasteiger partial charge is 0.144 e. The fraction of sp³-hybridized carbons (Fsp3) is 0.176. The molecule has 3 rings (SSSR count). The third kappa shape index (κ3) is 3.28. The van der Waals surface area contributed by atoms with E-state index in [9.17, 15) is 4.79 Å². The second-order valence-electron chi connectivity index (χ2n) is 4.82. The number of carbonyl (C=O) groups excluding carboxylic acids is 1. The van der Waals surface area contributed by atoms with Crippen molar-refractivity contribution < 1.29 is 9.53 Å². The van der Waals surface area contributed by atoms with Gasteiger partial charge in [0.25, 0.3) is 0 Å². The number of aromatic nitrogens is 1. The van der Waals surface area contributed by atoms with Crippen LogP contribution in [0, 0.1) is 0 Å². The molecular formula is C17H15NO2S. The lowest BCUT2D eigenvalue weighted by atomic mass is 10.1. The average molecular weight is 297 g/mol. The van der Waals surface area contributed by atoms with E-state index < -0.39 is 0 Å². The van der Waals surface area contributed by atoms with E-state index in [1.165, 1.54) is 0 Å². The van der Waals surface area contributed by atoms with Gasteiger partial charge in [-0.25, -0.2) is 4.98 Å². The summed E-state index contributed by atoms with van der Waals surface area (Å²) in [5, 5.41) is 0.884. The van der Waals surface area contributed by atoms with Gasteiger partial charge >= 0.3 is 0 Å². The standard InChI is InChI=1S/C17H15NO2S/c1-20-14-8-6-12(7-9-14)10-13(19)11-17-18-15-4-2-3-5-16(15)21-17/h2-9H,10-11H2,1H3. The van der Waals surface area contributed by atoms with Crippen molar-refractivity contribution in [2.24, 2.45) is 0 Å². The summed E-state index contributed by atoms with van der Waals surface area (Å²) in [5.41, 5.74) is 1.97. The topological polar surface area (TPSA) is 39.2 Å². The highest BCUT2D eigenvalue weighted by atomic mass is 32.1. The second kappa shape index (κ2) is 6.06. The number of benzene rings is 2. The van der Waals surface area contributed by atoms with Gasteiger partial charge in [-0.05, 0) is 29.8 Å². The van der Waals surface area contributed by atoms with Crippen LogP contribution in [-0.4, -0.2) is 17.9 Å². The third-order valence-electron chi connectivity index (χ3n) is 3.25. The van der Waals surface area contributed by atoms with E-state index in [1.54, 1.807) is 18.4 Å². The van der Waals surface area contributed by atoms with Gasteiger partial charge < -0.3 is 4.74 Å². The molecule has 0 spiro atoms. The molecule has 1 heterocycles. The first-order valence-electron chi connectivity index (χ1n) is 6.73. The SMILES string of the molecule is COc1ccc(CC(=O)Cc2nc3ccccc3s2)cc1. The number of nitrogens with zero attached hydrogens (tertiary/aromatic N) is 1. The first-order chi connectivity index (χ1) is 10.2. The number of Topliss-reactive ketones (excluding diaryl/α,β-unsaturated/α-hetero) is 1.